The van der Waals surface area contributed by atoms with Gasteiger partial charge in [0, 0.05) is 10.0 Å². The zero-order chi connectivity index (χ0) is 15.4. The summed E-state index contributed by atoms with van der Waals surface area (Å²) in [7, 11) is 0. The molecule has 1 aromatic carbocycles. The van der Waals surface area contributed by atoms with Crippen molar-refractivity contribution < 1.29 is 19.1 Å². The Balaban J connectivity index is 1.79. The van der Waals surface area contributed by atoms with Crippen molar-refractivity contribution in [2.45, 2.75) is 32.0 Å². The largest absolute Gasteiger partial charge is 0.447 e. The third-order valence-corrected chi connectivity index (χ3v) is 4.20. The lowest BCUT2D eigenvalue weighted by molar-refractivity contribution is -0.104. The van der Waals surface area contributed by atoms with E-state index >= 15 is 0 Å². The average Bonchev–Trinajstić information content (AvgIpc) is 2.60. The van der Waals surface area contributed by atoms with Crippen molar-refractivity contribution in [3.63, 3.8) is 0 Å². The van der Waals surface area contributed by atoms with E-state index in [4.69, 9.17) is 9.47 Å². The molecule has 0 aromatic heterocycles. The van der Waals surface area contributed by atoms with Crippen LogP contribution in [0.1, 0.15) is 36.7 Å². The van der Waals surface area contributed by atoms with E-state index in [1.54, 1.807) is 4.90 Å². The summed E-state index contributed by atoms with van der Waals surface area (Å²) < 4.78 is 11.6. The molecular formula is C15H16BrNO4. The van der Waals surface area contributed by atoms with Gasteiger partial charge >= 0.3 is 12.1 Å². The van der Waals surface area contributed by atoms with E-state index < -0.39 is 11.2 Å². The number of carbonyl (C=O) groups excluding carboxylic acids is 2. The highest BCUT2D eigenvalue weighted by atomic mass is 79.9. The minimum Gasteiger partial charge on any atom is -0.447 e. The molecule has 112 valence electrons. The number of benzene rings is 1. The van der Waals surface area contributed by atoms with Gasteiger partial charge in [-0.3, -0.25) is 4.90 Å². The molecule has 2 aliphatic heterocycles. The predicted octanol–water partition coefficient (Wildman–Crippen LogP) is 3.07. The van der Waals surface area contributed by atoms with Crippen molar-refractivity contribution >= 4 is 28.0 Å². The maximum atomic E-state index is 12.0. The Bertz CT molecular complexity index is 629. The van der Waals surface area contributed by atoms with E-state index in [1.807, 2.05) is 39.0 Å². The lowest BCUT2D eigenvalue weighted by Gasteiger charge is -2.46. The van der Waals surface area contributed by atoms with Crippen LogP contribution in [0, 0.1) is 0 Å². The summed E-state index contributed by atoms with van der Waals surface area (Å²) >= 11 is 3.37. The molecular weight excluding hydrogens is 338 g/mol. The summed E-state index contributed by atoms with van der Waals surface area (Å²) in [5.74, 6) is -0.346. The Morgan fingerprint density at radius 3 is 2.67 bits per heavy atom. The van der Waals surface area contributed by atoms with Crippen LogP contribution in [0.3, 0.4) is 0 Å². The standard InChI is InChI=1S/C15H16BrNO4/c1-14(2,3)21-13(19)17-7-15(8-17)9-5-4-6-10(16)11(9)12(18)20-15/h4-6H,7-8H2,1-3H3. The number of rotatable bonds is 0. The van der Waals surface area contributed by atoms with Crippen LogP contribution in [0.25, 0.3) is 0 Å². The van der Waals surface area contributed by atoms with E-state index in [0.29, 0.717) is 18.7 Å². The van der Waals surface area contributed by atoms with Crippen LogP contribution in [-0.2, 0) is 15.1 Å². The number of carbonyl (C=O) groups is 2. The van der Waals surface area contributed by atoms with Gasteiger partial charge in [-0.2, -0.15) is 0 Å². The Morgan fingerprint density at radius 2 is 2.05 bits per heavy atom. The zero-order valence-electron chi connectivity index (χ0n) is 12.1. The average molecular weight is 354 g/mol. The van der Waals surface area contributed by atoms with Crippen molar-refractivity contribution in [1.82, 2.24) is 4.90 Å². The molecule has 0 radical (unpaired) electrons. The van der Waals surface area contributed by atoms with Crippen LogP contribution in [-0.4, -0.2) is 35.7 Å². The molecule has 6 heteroatoms. The van der Waals surface area contributed by atoms with Gasteiger partial charge in [0.05, 0.1) is 18.7 Å². The first-order valence-electron chi connectivity index (χ1n) is 6.72. The second-order valence-corrected chi connectivity index (χ2v) is 7.24. The molecule has 1 amide bonds. The third kappa shape index (κ3) is 2.31. The number of nitrogens with zero attached hydrogens (tertiary/aromatic N) is 1. The van der Waals surface area contributed by atoms with E-state index in [0.717, 1.165) is 10.0 Å². The molecule has 0 atom stereocenters. The molecule has 1 saturated heterocycles. The molecule has 3 rings (SSSR count). The summed E-state index contributed by atoms with van der Waals surface area (Å²) in [6.45, 7) is 6.13. The quantitative estimate of drug-likeness (QED) is 0.672. The molecule has 1 fully saturated rings. The second kappa shape index (κ2) is 4.47. The summed E-state index contributed by atoms with van der Waals surface area (Å²) in [6.07, 6.45) is -0.382. The van der Waals surface area contributed by atoms with E-state index in [9.17, 15) is 9.59 Å². The topological polar surface area (TPSA) is 55.8 Å². The highest BCUT2D eigenvalue weighted by Gasteiger charge is 2.56. The zero-order valence-corrected chi connectivity index (χ0v) is 13.7. The number of esters is 1. The fraction of sp³-hybridized carbons (Fsp3) is 0.467. The van der Waals surface area contributed by atoms with Crippen molar-refractivity contribution in [3.05, 3.63) is 33.8 Å². The van der Waals surface area contributed by atoms with Gasteiger partial charge in [0.15, 0.2) is 5.60 Å². The fourth-order valence-corrected chi connectivity index (χ4v) is 3.18. The van der Waals surface area contributed by atoms with Crippen molar-refractivity contribution in [2.24, 2.45) is 0 Å². The first-order chi connectivity index (χ1) is 9.72. The highest BCUT2D eigenvalue weighted by Crippen LogP contribution is 2.45. The van der Waals surface area contributed by atoms with Crippen molar-refractivity contribution in [3.8, 4) is 0 Å². The number of hydrogen-bond acceptors (Lipinski definition) is 4. The summed E-state index contributed by atoms with van der Waals surface area (Å²) in [6, 6.07) is 5.55. The minimum absolute atomic E-state index is 0.330. The van der Waals surface area contributed by atoms with Crippen LogP contribution in [0.4, 0.5) is 4.79 Å². The maximum Gasteiger partial charge on any atom is 0.410 e. The molecule has 0 unspecified atom stereocenters. The first-order valence-corrected chi connectivity index (χ1v) is 7.51. The maximum absolute atomic E-state index is 12.0. The van der Waals surface area contributed by atoms with Gasteiger partial charge in [-0.15, -0.1) is 0 Å². The molecule has 0 saturated carbocycles. The van der Waals surface area contributed by atoms with Crippen LogP contribution in [0.2, 0.25) is 0 Å². The molecule has 1 aromatic rings. The van der Waals surface area contributed by atoms with Gasteiger partial charge in [-0.1, -0.05) is 12.1 Å². The number of halogens is 1. The van der Waals surface area contributed by atoms with Gasteiger partial charge < -0.3 is 9.47 Å². The number of hydrogen-bond donors (Lipinski definition) is 0. The molecule has 2 aliphatic rings. The minimum atomic E-state index is -0.715. The van der Waals surface area contributed by atoms with E-state index in [1.165, 1.54) is 0 Å². The number of ether oxygens (including phenoxy) is 2. The first kappa shape index (κ1) is 14.4. The normalized spacial score (nSPS) is 19.0. The molecule has 2 heterocycles. The SMILES string of the molecule is CC(C)(C)OC(=O)N1CC2(C1)OC(=O)c1c(Br)cccc12. The van der Waals surface area contributed by atoms with Crippen LogP contribution < -0.4 is 0 Å². The molecule has 0 bridgehead atoms. The number of amides is 1. The van der Waals surface area contributed by atoms with E-state index in [2.05, 4.69) is 15.9 Å². The molecule has 0 aliphatic carbocycles. The number of fused-ring (bicyclic) bond motifs is 2. The van der Waals surface area contributed by atoms with Gasteiger partial charge in [0.25, 0.3) is 0 Å². The monoisotopic (exact) mass is 353 g/mol. The Labute approximate surface area is 131 Å². The van der Waals surface area contributed by atoms with Crippen molar-refractivity contribution in [2.75, 3.05) is 13.1 Å². The molecule has 21 heavy (non-hydrogen) atoms. The van der Waals surface area contributed by atoms with Gasteiger partial charge in [0.1, 0.15) is 5.60 Å². The lowest BCUT2D eigenvalue weighted by Crippen LogP contribution is -2.62. The number of likely N-dealkylation sites (tertiary alicyclic amines) is 1. The summed E-state index contributed by atoms with van der Waals surface area (Å²) in [5.41, 5.74) is 0.142. The summed E-state index contributed by atoms with van der Waals surface area (Å²) in [4.78, 5) is 25.6. The third-order valence-electron chi connectivity index (χ3n) is 3.54. The van der Waals surface area contributed by atoms with Crippen molar-refractivity contribution in [1.29, 1.82) is 0 Å². The molecule has 1 spiro atoms. The lowest BCUT2D eigenvalue weighted by atomic mass is 9.85. The predicted molar refractivity (Wildman–Crippen MR) is 79.0 cm³/mol. The smallest absolute Gasteiger partial charge is 0.410 e. The molecule has 0 N–H and O–H groups in total. The highest BCUT2D eigenvalue weighted by molar-refractivity contribution is 9.10. The van der Waals surface area contributed by atoms with Crippen LogP contribution >= 0.6 is 15.9 Å². The Hall–Kier alpha value is -1.56. The summed E-state index contributed by atoms with van der Waals surface area (Å²) in [5, 5.41) is 0. The van der Waals surface area contributed by atoms with Gasteiger partial charge in [0.2, 0.25) is 0 Å². The van der Waals surface area contributed by atoms with Gasteiger partial charge in [-0.25, -0.2) is 9.59 Å². The van der Waals surface area contributed by atoms with Crippen LogP contribution in [0.15, 0.2) is 22.7 Å². The Kier molecular flexibility index (Phi) is 3.06. The fourth-order valence-electron chi connectivity index (χ4n) is 2.66. The molecule has 5 nitrogen and oxygen atoms in total. The van der Waals surface area contributed by atoms with Crippen LogP contribution in [0.5, 0.6) is 0 Å². The van der Waals surface area contributed by atoms with E-state index in [-0.39, 0.29) is 12.1 Å². The van der Waals surface area contributed by atoms with Gasteiger partial charge in [-0.05, 0) is 42.8 Å². The second-order valence-electron chi connectivity index (χ2n) is 6.38. The Morgan fingerprint density at radius 1 is 1.38 bits per heavy atom.